The average Bonchev–Trinajstić information content (AvgIpc) is 3.06. The van der Waals surface area contributed by atoms with E-state index in [9.17, 15) is 19.2 Å². The van der Waals surface area contributed by atoms with Crippen LogP contribution in [0.3, 0.4) is 0 Å². The van der Waals surface area contributed by atoms with Gasteiger partial charge in [0.1, 0.15) is 0 Å². The highest BCUT2D eigenvalue weighted by Crippen LogP contribution is 2.15. The maximum atomic E-state index is 12.4. The van der Waals surface area contributed by atoms with E-state index in [2.05, 4.69) is 5.10 Å². The molecule has 8 heteroatoms. The molecule has 0 radical (unpaired) electrons. The molecule has 0 aliphatic carbocycles. The molecule has 1 fully saturated rings. The zero-order chi connectivity index (χ0) is 18.0. The van der Waals surface area contributed by atoms with Crippen LogP contribution >= 0.6 is 0 Å². The monoisotopic (exact) mass is 343 g/mol. The fraction of sp³-hybridized carbons (Fsp3) is 0.353. The van der Waals surface area contributed by atoms with Crippen LogP contribution in [-0.4, -0.2) is 45.6 Å². The number of ether oxygens (including phenoxy) is 1. The highest BCUT2D eigenvalue weighted by molar-refractivity contribution is 6.03. The van der Waals surface area contributed by atoms with Crippen LogP contribution < -0.4 is 5.56 Å². The van der Waals surface area contributed by atoms with Crippen molar-refractivity contribution in [2.24, 2.45) is 0 Å². The summed E-state index contributed by atoms with van der Waals surface area (Å²) in [6.45, 7) is 1.84. The first-order valence-electron chi connectivity index (χ1n) is 8.03. The summed E-state index contributed by atoms with van der Waals surface area (Å²) >= 11 is 0. The molecule has 0 atom stereocenters. The molecule has 130 valence electrons. The quantitative estimate of drug-likeness (QED) is 0.759. The Morgan fingerprint density at radius 2 is 1.92 bits per heavy atom. The van der Waals surface area contributed by atoms with Gasteiger partial charge in [-0.05, 0) is 19.4 Å². The molecule has 25 heavy (non-hydrogen) atoms. The fourth-order valence-electron chi connectivity index (χ4n) is 2.79. The van der Waals surface area contributed by atoms with Crippen molar-refractivity contribution in [1.29, 1.82) is 0 Å². The minimum Gasteiger partial charge on any atom is -0.451 e. The van der Waals surface area contributed by atoms with Crippen LogP contribution in [0.2, 0.25) is 0 Å². The fourth-order valence-corrected chi connectivity index (χ4v) is 2.79. The molecular formula is C17H17N3O5. The van der Waals surface area contributed by atoms with E-state index in [0.717, 1.165) is 4.90 Å². The second-order valence-corrected chi connectivity index (χ2v) is 5.63. The summed E-state index contributed by atoms with van der Waals surface area (Å²) < 4.78 is 6.21. The van der Waals surface area contributed by atoms with E-state index in [-0.39, 0.29) is 17.2 Å². The summed E-state index contributed by atoms with van der Waals surface area (Å²) in [4.78, 5) is 49.3. The summed E-state index contributed by atoms with van der Waals surface area (Å²) in [5.41, 5.74) is -0.328. The zero-order valence-electron chi connectivity index (χ0n) is 13.7. The molecule has 1 aliphatic rings. The van der Waals surface area contributed by atoms with E-state index in [1.54, 1.807) is 31.2 Å². The van der Waals surface area contributed by atoms with Crippen molar-refractivity contribution in [2.45, 2.75) is 26.3 Å². The Labute approximate surface area is 143 Å². The third kappa shape index (κ3) is 3.15. The number of nitrogens with zero attached hydrogens (tertiary/aromatic N) is 3. The van der Waals surface area contributed by atoms with Crippen molar-refractivity contribution < 1.29 is 19.1 Å². The van der Waals surface area contributed by atoms with Gasteiger partial charge in [0.2, 0.25) is 5.91 Å². The number of aryl methyl sites for hydroxylation is 1. The second-order valence-electron chi connectivity index (χ2n) is 5.63. The molecule has 0 unspecified atom stereocenters. The van der Waals surface area contributed by atoms with Gasteiger partial charge in [0, 0.05) is 24.9 Å². The molecule has 1 saturated heterocycles. The van der Waals surface area contributed by atoms with Crippen molar-refractivity contribution in [3.05, 3.63) is 40.3 Å². The Balaban J connectivity index is 1.85. The number of hydrogen-bond donors (Lipinski definition) is 0. The number of imide groups is 1. The first kappa shape index (κ1) is 16.8. The van der Waals surface area contributed by atoms with Crippen LogP contribution in [0.25, 0.3) is 10.8 Å². The van der Waals surface area contributed by atoms with Crippen molar-refractivity contribution in [3.8, 4) is 0 Å². The van der Waals surface area contributed by atoms with Gasteiger partial charge in [-0.15, -0.1) is 0 Å². The molecule has 1 aromatic carbocycles. The molecule has 1 aliphatic heterocycles. The molecule has 2 heterocycles. The van der Waals surface area contributed by atoms with Crippen LogP contribution in [0.5, 0.6) is 0 Å². The van der Waals surface area contributed by atoms with Gasteiger partial charge in [-0.25, -0.2) is 9.48 Å². The first-order valence-corrected chi connectivity index (χ1v) is 8.03. The van der Waals surface area contributed by atoms with Gasteiger partial charge < -0.3 is 4.74 Å². The number of benzene rings is 1. The van der Waals surface area contributed by atoms with Crippen LogP contribution in [0.15, 0.2) is 29.1 Å². The summed E-state index contributed by atoms with van der Waals surface area (Å²) in [6.07, 6.45) is 0.944. The van der Waals surface area contributed by atoms with E-state index in [1.165, 1.54) is 4.68 Å². The molecule has 1 aromatic heterocycles. The van der Waals surface area contributed by atoms with Crippen molar-refractivity contribution in [1.82, 2.24) is 14.7 Å². The third-order valence-electron chi connectivity index (χ3n) is 4.06. The number of amides is 2. The normalized spacial score (nSPS) is 14.1. The van der Waals surface area contributed by atoms with Crippen molar-refractivity contribution in [2.75, 3.05) is 13.2 Å². The number of carbonyl (C=O) groups excluding carboxylic acids is 3. The number of rotatable bonds is 4. The Kier molecular flexibility index (Phi) is 4.60. The van der Waals surface area contributed by atoms with Gasteiger partial charge in [-0.3, -0.25) is 19.3 Å². The summed E-state index contributed by atoms with van der Waals surface area (Å²) in [7, 11) is 0. The van der Waals surface area contributed by atoms with E-state index in [4.69, 9.17) is 4.74 Å². The molecule has 0 saturated carbocycles. The molecule has 2 aromatic rings. The van der Waals surface area contributed by atoms with E-state index >= 15 is 0 Å². The number of hydrogen-bond acceptors (Lipinski definition) is 6. The van der Waals surface area contributed by atoms with Crippen LogP contribution in [0.4, 0.5) is 0 Å². The van der Waals surface area contributed by atoms with Gasteiger partial charge in [0.05, 0.1) is 5.39 Å². The minimum absolute atomic E-state index is 0.0300. The Morgan fingerprint density at radius 1 is 1.20 bits per heavy atom. The number of esters is 1. The highest BCUT2D eigenvalue weighted by Gasteiger charge is 2.27. The molecule has 0 bridgehead atoms. The van der Waals surface area contributed by atoms with Crippen LogP contribution in [0.1, 0.15) is 30.3 Å². The van der Waals surface area contributed by atoms with Crippen LogP contribution in [0, 0.1) is 0 Å². The maximum Gasteiger partial charge on any atom is 0.359 e. The van der Waals surface area contributed by atoms with Gasteiger partial charge in [0.15, 0.2) is 12.3 Å². The van der Waals surface area contributed by atoms with Crippen LogP contribution in [-0.2, 0) is 20.9 Å². The highest BCUT2D eigenvalue weighted by atomic mass is 16.5. The average molecular weight is 343 g/mol. The zero-order valence-corrected chi connectivity index (χ0v) is 13.7. The molecule has 3 rings (SSSR count). The lowest BCUT2D eigenvalue weighted by Gasteiger charge is -2.14. The largest absolute Gasteiger partial charge is 0.451 e. The van der Waals surface area contributed by atoms with E-state index < -0.39 is 18.5 Å². The third-order valence-corrected chi connectivity index (χ3v) is 4.06. The predicted octanol–water partition coefficient (Wildman–Crippen LogP) is 0.722. The number of carbonyl (C=O) groups is 3. The number of fused-ring (bicyclic) bond motifs is 1. The predicted molar refractivity (Wildman–Crippen MR) is 87.9 cm³/mol. The molecule has 0 spiro atoms. The first-order chi connectivity index (χ1) is 12.0. The van der Waals surface area contributed by atoms with Gasteiger partial charge in [-0.2, -0.15) is 5.10 Å². The molecule has 0 N–H and O–H groups in total. The Morgan fingerprint density at radius 3 is 2.56 bits per heavy atom. The second kappa shape index (κ2) is 6.84. The number of likely N-dealkylation sites (tertiary alicyclic amines) is 1. The van der Waals surface area contributed by atoms with Gasteiger partial charge >= 0.3 is 5.97 Å². The van der Waals surface area contributed by atoms with E-state index in [1.807, 2.05) is 0 Å². The Bertz CT molecular complexity index is 918. The van der Waals surface area contributed by atoms with Gasteiger partial charge in [-0.1, -0.05) is 18.2 Å². The van der Waals surface area contributed by atoms with Crippen molar-refractivity contribution >= 4 is 28.6 Å². The lowest BCUT2D eigenvalue weighted by Crippen LogP contribution is -2.35. The van der Waals surface area contributed by atoms with Gasteiger partial charge in [0.25, 0.3) is 11.5 Å². The molecule has 2 amide bonds. The standard InChI is InChI=1S/C17H17N3O5/c1-2-20-16(23)12-7-4-3-6-11(12)15(18-20)17(24)25-10-14(22)19-9-5-8-13(19)21/h3-4,6-7H,2,5,8-10H2,1H3. The topological polar surface area (TPSA) is 98.6 Å². The smallest absolute Gasteiger partial charge is 0.359 e. The SMILES string of the molecule is CCn1nc(C(=O)OCC(=O)N2CCCC2=O)c2ccccc2c1=O. The van der Waals surface area contributed by atoms with Crippen molar-refractivity contribution in [3.63, 3.8) is 0 Å². The lowest BCUT2D eigenvalue weighted by molar-refractivity contribution is -0.143. The van der Waals surface area contributed by atoms with E-state index in [0.29, 0.717) is 36.7 Å². The summed E-state index contributed by atoms with van der Waals surface area (Å²) in [5, 5.41) is 4.77. The lowest BCUT2D eigenvalue weighted by atomic mass is 10.1. The Hall–Kier alpha value is -3.03. The minimum atomic E-state index is -0.807. The summed E-state index contributed by atoms with van der Waals surface area (Å²) in [5.74, 6) is -1.62. The number of aromatic nitrogens is 2. The summed E-state index contributed by atoms with van der Waals surface area (Å²) in [6, 6.07) is 6.59. The molecule has 8 nitrogen and oxygen atoms in total. The molecular weight excluding hydrogens is 326 g/mol. The maximum absolute atomic E-state index is 12.4.